The second kappa shape index (κ2) is 7.63. The quantitative estimate of drug-likeness (QED) is 0.619. The summed E-state index contributed by atoms with van der Waals surface area (Å²) in [5.74, 6) is 0.194. The van der Waals surface area contributed by atoms with Crippen LogP contribution >= 0.6 is 31.9 Å². The molecular weight excluding hydrogens is 464 g/mol. The Labute approximate surface area is 168 Å². The van der Waals surface area contributed by atoms with Gasteiger partial charge in [0.2, 0.25) is 0 Å². The van der Waals surface area contributed by atoms with Crippen LogP contribution in [0.4, 0.5) is 5.69 Å². The summed E-state index contributed by atoms with van der Waals surface area (Å²) >= 11 is 6.69. The van der Waals surface area contributed by atoms with E-state index < -0.39 is 0 Å². The fourth-order valence-corrected chi connectivity index (χ4v) is 3.27. The molecular formula is C19H16Br2N2O3. The summed E-state index contributed by atoms with van der Waals surface area (Å²) in [6.45, 7) is 4.06. The molecule has 7 heteroatoms. The minimum atomic E-state index is -0.202. The molecule has 0 atom stereocenters. The van der Waals surface area contributed by atoms with Crippen LogP contribution in [-0.2, 0) is 4.79 Å². The lowest BCUT2D eigenvalue weighted by Crippen LogP contribution is -2.21. The molecule has 0 aromatic heterocycles. The van der Waals surface area contributed by atoms with Crippen molar-refractivity contribution in [1.82, 2.24) is 0 Å². The van der Waals surface area contributed by atoms with Crippen molar-refractivity contribution in [2.45, 2.75) is 13.8 Å². The van der Waals surface area contributed by atoms with Gasteiger partial charge in [0.25, 0.3) is 5.91 Å². The molecule has 5 nitrogen and oxygen atoms in total. The van der Waals surface area contributed by atoms with E-state index in [1.807, 2.05) is 31.2 Å². The zero-order chi connectivity index (χ0) is 18.8. The van der Waals surface area contributed by atoms with E-state index in [-0.39, 0.29) is 11.7 Å². The van der Waals surface area contributed by atoms with Crippen molar-refractivity contribution in [3.8, 4) is 11.5 Å². The zero-order valence-corrected chi connectivity index (χ0v) is 17.3. The van der Waals surface area contributed by atoms with E-state index in [4.69, 9.17) is 4.74 Å². The molecule has 26 heavy (non-hydrogen) atoms. The molecule has 2 aromatic carbocycles. The number of aromatic hydroxyl groups is 1. The second-order valence-electron chi connectivity index (χ2n) is 5.62. The highest BCUT2D eigenvalue weighted by Crippen LogP contribution is 2.36. The number of carbonyl (C=O) groups excluding carboxylic acids is 1. The van der Waals surface area contributed by atoms with Crippen LogP contribution in [0.15, 0.2) is 56.0 Å². The summed E-state index contributed by atoms with van der Waals surface area (Å²) in [5, 5.41) is 15.8. The van der Waals surface area contributed by atoms with Crippen LogP contribution in [0.25, 0.3) is 6.08 Å². The number of ether oxygens (including phenoxy) is 1. The van der Waals surface area contributed by atoms with Crippen LogP contribution in [0.2, 0.25) is 0 Å². The number of benzene rings is 2. The third-order valence-electron chi connectivity index (χ3n) is 3.80. The van der Waals surface area contributed by atoms with E-state index in [0.717, 1.165) is 10.0 Å². The van der Waals surface area contributed by atoms with E-state index in [9.17, 15) is 9.90 Å². The molecule has 3 rings (SSSR count). The Bertz CT molecular complexity index is 921. The Kier molecular flexibility index (Phi) is 5.48. The SMILES string of the molecule is CCOc1cc(/C=C2\C(=O)N(c3ccc(Br)cc3)N=C2C)cc(Br)c1O. The fourth-order valence-electron chi connectivity index (χ4n) is 2.55. The van der Waals surface area contributed by atoms with Crippen LogP contribution in [-0.4, -0.2) is 23.3 Å². The number of anilines is 1. The standard InChI is InChI=1S/C19H16Br2N2O3/c1-3-26-17-10-12(9-16(21)18(17)24)8-15-11(2)22-23(19(15)25)14-6-4-13(20)5-7-14/h4-10,24H,3H2,1-2H3/b15-8-. The lowest BCUT2D eigenvalue weighted by molar-refractivity contribution is -0.114. The maximum absolute atomic E-state index is 12.8. The average Bonchev–Trinajstić information content (AvgIpc) is 2.88. The number of hydrogen-bond acceptors (Lipinski definition) is 4. The Morgan fingerprint density at radius 3 is 2.58 bits per heavy atom. The van der Waals surface area contributed by atoms with Crippen molar-refractivity contribution in [3.63, 3.8) is 0 Å². The molecule has 1 N–H and O–H groups in total. The summed E-state index contributed by atoms with van der Waals surface area (Å²) in [7, 11) is 0. The maximum atomic E-state index is 12.8. The largest absolute Gasteiger partial charge is 0.503 e. The smallest absolute Gasteiger partial charge is 0.280 e. The van der Waals surface area contributed by atoms with E-state index in [1.165, 1.54) is 5.01 Å². The van der Waals surface area contributed by atoms with Gasteiger partial charge in [0.05, 0.1) is 28.1 Å². The maximum Gasteiger partial charge on any atom is 0.280 e. The summed E-state index contributed by atoms with van der Waals surface area (Å²) in [5.41, 5.74) is 2.55. The summed E-state index contributed by atoms with van der Waals surface area (Å²) in [4.78, 5) is 12.8. The number of hydrazone groups is 1. The third-order valence-corrected chi connectivity index (χ3v) is 4.93. The minimum Gasteiger partial charge on any atom is -0.503 e. The lowest BCUT2D eigenvalue weighted by Gasteiger charge is -2.12. The molecule has 0 radical (unpaired) electrons. The first-order chi connectivity index (χ1) is 12.4. The molecule has 0 unspecified atom stereocenters. The number of phenols is 1. The fraction of sp³-hybridized carbons (Fsp3) is 0.158. The number of rotatable bonds is 4. The topological polar surface area (TPSA) is 62.1 Å². The first kappa shape index (κ1) is 18.7. The van der Waals surface area contributed by atoms with Crippen LogP contribution in [0.5, 0.6) is 11.5 Å². The highest BCUT2D eigenvalue weighted by Gasteiger charge is 2.28. The number of carbonyl (C=O) groups is 1. The van der Waals surface area contributed by atoms with Crippen molar-refractivity contribution in [3.05, 3.63) is 56.5 Å². The second-order valence-corrected chi connectivity index (χ2v) is 7.39. The summed E-state index contributed by atoms with van der Waals surface area (Å²) in [6, 6.07) is 10.8. The van der Waals surface area contributed by atoms with Gasteiger partial charge in [-0.05, 0) is 77.8 Å². The van der Waals surface area contributed by atoms with Crippen LogP contribution in [0, 0.1) is 0 Å². The van der Waals surface area contributed by atoms with Gasteiger partial charge in [-0.25, -0.2) is 0 Å². The molecule has 2 aromatic rings. The van der Waals surface area contributed by atoms with Crippen molar-refractivity contribution >= 4 is 55.2 Å². The number of amides is 1. The van der Waals surface area contributed by atoms with Gasteiger partial charge in [0.1, 0.15) is 0 Å². The van der Waals surface area contributed by atoms with Gasteiger partial charge >= 0.3 is 0 Å². The molecule has 0 spiro atoms. The molecule has 134 valence electrons. The van der Waals surface area contributed by atoms with Gasteiger partial charge in [-0.15, -0.1) is 0 Å². The van der Waals surface area contributed by atoms with E-state index >= 15 is 0 Å². The number of phenolic OH excluding ortho intramolecular Hbond substituents is 1. The Morgan fingerprint density at radius 1 is 1.23 bits per heavy atom. The molecule has 1 heterocycles. The average molecular weight is 480 g/mol. The third kappa shape index (κ3) is 3.68. The molecule has 0 aliphatic carbocycles. The lowest BCUT2D eigenvalue weighted by atomic mass is 10.1. The highest BCUT2D eigenvalue weighted by molar-refractivity contribution is 9.10. The molecule has 0 bridgehead atoms. The predicted molar refractivity (Wildman–Crippen MR) is 110 cm³/mol. The molecule has 0 fully saturated rings. The summed E-state index contributed by atoms with van der Waals surface area (Å²) < 4.78 is 6.87. The van der Waals surface area contributed by atoms with Crippen LogP contribution < -0.4 is 9.75 Å². The predicted octanol–water partition coefficient (Wildman–Crippen LogP) is 5.12. The van der Waals surface area contributed by atoms with E-state index in [1.54, 1.807) is 25.1 Å². The van der Waals surface area contributed by atoms with Crippen molar-refractivity contribution < 1.29 is 14.6 Å². The zero-order valence-electron chi connectivity index (χ0n) is 14.2. The van der Waals surface area contributed by atoms with E-state index in [0.29, 0.717) is 33.8 Å². The van der Waals surface area contributed by atoms with Gasteiger partial charge < -0.3 is 9.84 Å². The molecule has 1 aliphatic rings. The van der Waals surface area contributed by atoms with Crippen LogP contribution in [0.1, 0.15) is 19.4 Å². The van der Waals surface area contributed by atoms with Crippen molar-refractivity contribution in [2.24, 2.45) is 5.10 Å². The molecule has 1 amide bonds. The normalized spacial score (nSPS) is 15.5. The molecule has 0 saturated carbocycles. The first-order valence-electron chi connectivity index (χ1n) is 7.93. The number of hydrogen-bond donors (Lipinski definition) is 1. The Hall–Kier alpha value is -2.12. The van der Waals surface area contributed by atoms with Gasteiger partial charge in [-0.2, -0.15) is 10.1 Å². The molecule has 0 saturated heterocycles. The van der Waals surface area contributed by atoms with Crippen molar-refractivity contribution in [1.29, 1.82) is 0 Å². The monoisotopic (exact) mass is 478 g/mol. The van der Waals surface area contributed by atoms with Gasteiger partial charge in [0.15, 0.2) is 11.5 Å². The van der Waals surface area contributed by atoms with Gasteiger partial charge in [-0.3, -0.25) is 4.79 Å². The van der Waals surface area contributed by atoms with Gasteiger partial charge in [0, 0.05) is 4.47 Å². The highest BCUT2D eigenvalue weighted by atomic mass is 79.9. The number of halogens is 2. The van der Waals surface area contributed by atoms with E-state index in [2.05, 4.69) is 37.0 Å². The Balaban J connectivity index is 1.96. The van der Waals surface area contributed by atoms with Crippen LogP contribution in [0.3, 0.4) is 0 Å². The van der Waals surface area contributed by atoms with Crippen molar-refractivity contribution in [2.75, 3.05) is 11.6 Å². The minimum absolute atomic E-state index is 0.0358. The number of nitrogens with zero attached hydrogens (tertiary/aromatic N) is 2. The molecule has 1 aliphatic heterocycles. The first-order valence-corrected chi connectivity index (χ1v) is 9.52. The Morgan fingerprint density at radius 2 is 1.92 bits per heavy atom. The summed E-state index contributed by atoms with van der Waals surface area (Å²) in [6.07, 6.45) is 1.74. The van der Waals surface area contributed by atoms with Gasteiger partial charge in [-0.1, -0.05) is 15.9 Å².